The van der Waals surface area contributed by atoms with Gasteiger partial charge >= 0.3 is 5.97 Å². The molecule has 6 heteroatoms. The summed E-state index contributed by atoms with van der Waals surface area (Å²) in [5.74, 6) is -0.332. The number of aromatic nitrogens is 3. The van der Waals surface area contributed by atoms with E-state index in [9.17, 15) is 4.79 Å². The van der Waals surface area contributed by atoms with E-state index < -0.39 is 5.97 Å². The molecule has 1 heterocycles. The summed E-state index contributed by atoms with van der Waals surface area (Å²) in [6, 6.07) is 9.69. The van der Waals surface area contributed by atoms with Crippen molar-refractivity contribution in [2.45, 2.75) is 26.5 Å². The molecule has 6 nitrogen and oxygen atoms in total. The molecule has 19 heavy (non-hydrogen) atoms. The lowest BCUT2D eigenvalue weighted by Gasteiger charge is -2.06. The third-order valence-corrected chi connectivity index (χ3v) is 2.48. The van der Waals surface area contributed by atoms with Crippen molar-refractivity contribution in [1.29, 1.82) is 0 Å². The average Bonchev–Trinajstić information content (AvgIpc) is 2.72. The highest BCUT2D eigenvalue weighted by atomic mass is 16.5. The minimum Gasteiger partial charge on any atom is -0.458 e. The van der Waals surface area contributed by atoms with Gasteiger partial charge in [0.2, 0.25) is 5.69 Å². The zero-order chi connectivity index (χ0) is 13.8. The fraction of sp³-hybridized carbons (Fsp3) is 0.308. The predicted molar refractivity (Wildman–Crippen MR) is 70.5 cm³/mol. The van der Waals surface area contributed by atoms with Crippen LogP contribution in [-0.4, -0.2) is 27.1 Å². The Balaban J connectivity index is 2.17. The van der Waals surface area contributed by atoms with Gasteiger partial charge in [0.25, 0.3) is 0 Å². The summed E-state index contributed by atoms with van der Waals surface area (Å²) in [4.78, 5) is 11.7. The first-order valence-electron chi connectivity index (χ1n) is 6.02. The van der Waals surface area contributed by atoms with Crippen LogP contribution in [0.5, 0.6) is 0 Å². The molecule has 0 atom stereocenters. The summed E-state index contributed by atoms with van der Waals surface area (Å²) >= 11 is 0. The van der Waals surface area contributed by atoms with E-state index in [-0.39, 0.29) is 17.6 Å². The maximum atomic E-state index is 11.7. The first kappa shape index (κ1) is 13.1. The largest absolute Gasteiger partial charge is 0.458 e. The van der Waals surface area contributed by atoms with Gasteiger partial charge < -0.3 is 10.5 Å². The van der Waals surface area contributed by atoms with Crippen molar-refractivity contribution in [3.8, 4) is 0 Å². The summed E-state index contributed by atoms with van der Waals surface area (Å²) in [6.07, 6.45) is -0.217. The fourth-order valence-corrected chi connectivity index (χ4v) is 1.61. The molecule has 2 rings (SSSR count). The molecule has 0 fully saturated rings. The number of carbonyl (C=O) groups is 1. The van der Waals surface area contributed by atoms with E-state index in [4.69, 9.17) is 10.5 Å². The molecular formula is C13H16N4O2. The number of hydrogen-bond acceptors (Lipinski definition) is 5. The highest BCUT2D eigenvalue weighted by molar-refractivity contribution is 5.91. The van der Waals surface area contributed by atoms with Crippen LogP contribution in [0.2, 0.25) is 0 Å². The van der Waals surface area contributed by atoms with Crippen molar-refractivity contribution in [2.75, 3.05) is 5.73 Å². The fourth-order valence-electron chi connectivity index (χ4n) is 1.61. The molecule has 1 aromatic heterocycles. The number of nitrogens with zero attached hydrogens (tertiary/aromatic N) is 3. The maximum absolute atomic E-state index is 11.7. The van der Waals surface area contributed by atoms with Gasteiger partial charge in [-0.15, -0.1) is 5.10 Å². The lowest BCUT2D eigenvalue weighted by Crippen LogP contribution is -2.14. The van der Waals surface area contributed by atoms with Gasteiger partial charge in [0.05, 0.1) is 12.6 Å². The molecule has 0 saturated heterocycles. The number of benzene rings is 1. The van der Waals surface area contributed by atoms with Crippen molar-refractivity contribution in [2.24, 2.45) is 0 Å². The van der Waals surface area contributed by atoms with Gasteiger partial charge in [0.15, 0.2) is 5.82 Å². The molecule has 1 aromatic carbocycles. The number of carbonyl (C=O) groups excluding carboxylic acids is 1. The Morgan fingerprint density at radius 3 is 2.68 bits per heavy atom. The van der Waals surface area contributed by atoms with Crippen LogP contribution in [0, 0.1) is 0 Å². The first-order valence-corrected chi connectivity index (χ1v) is 6.02. The Hall–Kier alpha value is -2.37. The van der Waals surface area contributed by atoms with Crippen LogP contribution in [0.15, 0.2) is 30.3 Å². The summed E-state index contributed by atoms with van der Waals surface area (Å²) in [5, 5.41) is 7.66. The zero-order valence-corrected chi connectivity index (χ0v) is 10.9. The van der Waals surface area contributed by atoms with Crippen LogP contribution in [0.4, 0.5) is 5.82 Å². The SMILES string of the molecule is CC(C)OC(=O)c1nnn(Cc2ccccc2)c1N. The summed E-state index contributed by atoms with van der Waals surface area (Å²) in [5.41, 5.74) is 6.96. The molecule has 2 N–H and O–H groups in total. The summed E-state index contributed by atoms with van der Waals surface area (Å²) < 4.78 is 6.52. The maximum Gasteiger partial charge on any atom is 0.363 e. The van der Waals surface area contributed by atoms with Crippen LogP contribution in [0.1, 0.15) is 29.9 Å². The smallest absolute Gasteiger partial charge is 0.363 e. The van der Waals surface area contributed by atoms with E-state index in [1.807, 2.05) is 30.3 Å². The van der Waals surface area contributed by atoms with E-state index in [2.05, 4.69) is 10.3 Å². The number of ether oxygens (including phenoxy) is 1. The monoisotopic (exact) mass is 260 g/mol. The Bertz CT molecular complexity index is 563. The molecule has 0 bridgehead atoms. The topological polar surface area (TPSA) is 83.0 Å². The summed E-state index contributed by atoms with van der Waals surface area (Å²) in [6.45, 7) is 4.00. The van der Waals surface area contributed by atoms with Gasteiger partial charge in [-0.2, -0.15) is 0 Å². The number of esters is 1. The Morgan fingerprint density at radius 2 is 2.05 bits per heavy atom. The normalized spacial score (nSPS) is 10.7. The second-order valence-corrected chi connectivity index (χ2v) is 4.42. The number of anilines is 1. The lowest BCUT2D eigenvalue weighted by molar-refractivity contribution is 0.0372. The van der Waals surface area contributed by atoms with Gasteiger partial charge in [-0.05, 0) is 19.4 Å². The highest BCUT2D eigenvalue weighted by Crippen LogP contribution is 2.12. The second-order valence-electron chi connectivity index (χ2n) is 4.42. The molecule has 2 aromatic rings. The molecule has 0 spiro atoms. The predicted octanol–water partition coefficient (Wildman–Crippen LogP) is 1.47. The average molecular weight is 260 g/mol. The molecule has 0 aliphatic carbocycles. The van der Waals surface area contributed by atoms with Crippen molar-refractivity contribution in [1.82, 2.24) is 15.0 Å². The lowest BCUT2D eigenvalue weighted by atomic mass is 10.2. The third kappa shape index (κ3) is 3.09. The van der Waals surface area contributed by atoms with Crippen LogP contribution < -0.4 is 5.73 Å². The van der Waals surface area contributed by atoms with Crippen molar-refractivity contribution < 1.29 is 9.53 Å². The van der Waals surface area contributed by atoms with E-state index in [1.54, 1.807) is 13.8 Å². The minimum absolute atomic E-state index is 0.0598. The summed E-state index contributed by atoms with van der Waals surface area (Å²) in [7, 11) is 0. The second kappa shape index (κ2) is 5.51. The molecule has 0 aliphatic heterocycles. The van der Waals surface area contributed by atoms with Gasteiger partial charge in [-0.25, -0.2) is 9.48 Å². The molecule has 0 aliphatic rings. The van der Waals surface area contributed by atoms with Gasteiger partial charge in [-0.3, -0.25) is 0 Å². The van der Waals surface area contributed by atoms with Crippen LogP contribution in [0.3, 0.4) is 0 Å². The van der Waals surface area contributed by atoms with Gasteiger partial charge in [-0.1, -0.05) is 35.5 Å². The molecule has 0 saturated carbocycles. The van der Waals surface area contributed by atoms with Gasteiger partial charge in [0, 0.05) is 0 Å². The molecule has 0 unspecified atom stereocenters. The number of nitrogen functional groups attached to an aromatic ring is 1. The molecule has 0 radical (unpaired) electrons. The van der Waals surface area contributed by atoms with Crippen molar-refractivity contribution in [3.05, 3.63) is 41.6 Å². The Morgan fingerprint density at radius 1 is 1.37 bits per heavy atom. The quantitative estimate of drug-likeness (QED) is 0.842. The first-order chi connectivity index (χ1) is 9.08. The Kier molecular flexibility index (Phi) is 3.79. The van der Waals surface area contributed by atoms with Crippen LogP contribution in [-0.2, 0) is 11.3 Å². The molecule has 0 amide bonds. The third-order valence-electron chi connectivity index (χ3n) is 2.48. The van der Waals surface area contributed by atoms with E-state index in [0.717, 1.165) is 5.56 Å². The minimum atomic E-state index is -0.549. The van der Waals surface area contributed by atoms with Crippen LogP contribution >= 0.6 is 0 Å². The van der Waals surface area contributed by atoms with Crippen LogP contribution in [0.25, 0.3) is 0 Å². The standard InChI is InChI=1S/C13H16N4O2/c1-9(2)19-13(18)11-12(14)17(16-15-11)8-10-6-4-3-5-7-10/h3-7,9H,8,14H2,1-2H3. The van der Waals surface area contributed by atoms with E-state index in [0.29, 0.717) is 6.54 Å². The number of nitrogens with two attached hydrogens (primary N) is 1. The zero-order valence-electron chi connectivity index (χ0n) is 10.9. The highest BCUT2D eigenvalue weighted by Gasteiger charge is 2.19. The van der Waals surface area contributed by atoms with E-state index in [1.165, 1.54) is 4.68 Å². The number of rotatable bonds is 4. The Labute approximate surface area is 111 Å². The molecular weight excluding hydrogens is 244 g/mol. The van der Waals surface area contributed by atoms with Crippen molar-refractivity contribution >= 4 is 11.8 Å². The van der Waals surface area contributed by atoms with Gasteiger partial charge in [0.1, 0.15) is 0 Å². The molecule has 100 valence electrons. The van der Waals surface area contributed by atoms with E-state index >= 15 is 0 Å². The number of hydrogen-bond donors (Lipinski definition) is 1. The van der Waals surface area contributed by atoms with Crippen molar-refractivity contribution in [3.63, 3.8) is 0 Å².